The van der Waals surface area contributed by atoms with E-state index in [1.807, 2.05) is 23.6 Å². The van der Waals surface area contributed by atoms with Gasteiger partial charge in [-0.3, -0.25) is 4.79 Å². The van der Waals surface area contributed by atoms with E-state index in [1.165, 1.54) is 11.3 Å². The number of thiophene rings is 1. The zero-order valence-electron chi connectivity index (χ0n) is 12.4. The van der Waals surface area contributed by atoms with E-state index in [-0.39, 0.29) is 19.1 Å². The smallest absolute Gasteiger partial charge is 0.268 e. The van der Waals surface area contributed by atoms with Gasteiger partial charge in [-0.25, -0.2) is 4.68 Å². The van der Waals surface area contributed by atoms with E-state index < -0.39 is 0 Å². The van der Waals surface area contributed by atoms with Crippen LogP contribution in [0.4, 0.5) is 5.82 Å². The molecule has 0 radical (unpaired) electrons. The molecule has 0 saturated heterocycles. The van der Waals surface area contributed by atoms with Crippen LogP contribution in [-0.4, -0.2) is 27.4 Å². The second-order valence-corrected chi connectivity index (χ2v) is 7.13. The lowest BCUT2D eigenvalue weighted by molar-refractivity contribution is 0.102. The molecule has 2 aromatic heterocycles. The molecule has 0 bridgehead atoms. The van der Waals surface area contributed by atoms with Gasteiger partial charge in [0, 0.05) is 21.1 Å². The summed E-state index contributed by atoms with van der Waals surface area (Å²) in [6.45, 7) is 0.210. The molecule has 124 valence electrons. The van der Waals surface area contributed by atoms with Gasteiger partial charge in [0.05, 0.1) is 18.8 Å². The Kier molecular flexibility index (Phi) is 5.35. The number of carbonyl (C=O) groups is 1. The molecule has 0 aliphatic rings. The molecule has 0 saturated carbocycles. The van der Waals surface area contributed by atoms with Crippen LogP contribution in [0.3, 0.4) is 0 Å². The zero-order valence-corrected chi connectivity index (χ0v) is 15.5. The fourth-order valence-electron chi connectivity index (χ4n) is 2.17. The highest BCUT2D eigenvalue weighted by atomic mass is 79.9. The molecule has 0 fully saturated rings. The number of aromatic nitrogens is 2. The first-order chi connectivity index (χ1) is 11.6. The maximum Gasteiger partial charge on any atom is 0.268 e. The van der Waals surface area contributed by atoms with Gasteiger partial charge in [-0.15, -0.1) is 11.3 Å². The molecular weight excluding hydrogens is 414 g/mol. The highest BCUT2D eigenvalue weighted by Gasteiger charge is 2.16. The number of aliphatic hydroxyl groups excluding tert-OH is 1. The number of carbonyl (C=O) groups excluding carboxylic acids is 1. The van der Waals surface area contributed by atoms with Crippen molar-refractivity contribution in [1.29, 1.82) is 0 Å². The number of nitrogens with zero attached hydrogens (tertiary/aromatic N) is 2. The SMILES string of the molecule is O=C(Nc1cc(-c2ccc(Cl)cc2)nn1CCO)c1sccc1Br. The van der Waals surface area contributed by atoms with E-state index in [0.29, 0.717) is 21.4 Å². The lowest BCUT2D eigenvalue weighted by atomic mass is 10.1. The van der Waals surface area contributed by atoms with E-state index in [9.17, 15) is 9.90 Å². The van der Waals surface area contributed by atoms with E-state index in [0.717, 1.165) is 10.0 Å². The molecule has 8 heteroatoms. The minimum absolute atomic E-state index is 0.0761. The number of halogens is 2. The van der Waals surface area contributed by atoms with Crippen molar-refractivity contribution in [3.8, 4) is 11.3 Å². The molecule has 0 spiro atoms. The van der Waals surface area contributed by atoms with Crippen molar-refractivity contribution in [2.24, 2.45) is 0 Å². The summed E-state index contributed by atoms with van der Waals surface area (Å²) < 4.78 is 2.32. The fraction of sp³-hybridized carbons (Fsp3) is 0.125. The monoisotopic (exact) mass is 425 g/mol. The normalized spacial score (nSPS) is 10.8. The van der Waals surface area contributed by atoms with Crippen molar-refractivity contribution in [3.63, 3.8) is 0 Å². The van der Waals surface area contributed by atoms with Crippen molar-refractivity contribution < 1.29 is 9.90 Å². The standard InChI is InChI=1S/C16H13BrClN3O2S/c17-12-5-8-24-15(12)16(23)19-14-9-13(20-21(14)6-7-22)10-1-3-11(18)4-2-10/h1-5,8-9,22H,6-7H2,(H,19,23). The number of rotatable bonds is 5. The van der Waals surface area contributed by atoms with Gasteiger partial charge >= 0.3 is 0 Å². The van der Waals surface area contributed by atoms with Gasteiger partial charge in [-0.05, 0) is 39.5 Å². The van der Waals surface area contributed by atoms with E-state index >= 15 is 0 Å². The summed E-state index contributed by atoms with van der Waals surface area (Å²) in [6.07, 6.45) is 0. The summed E-state index contributed by atoms with van der Waals surface area (Å²) in [7, 11) is 0. The Balaban J connectivity index is 1.90. The second-order valence-electron chi connectivity index (χ2n) is 4.92. The van der Waals surface area contributed by atoms with Crippen LogP contribution in [0.25, 0.3) is 11.3 Å². The molecule has 0 aliphatic carbocycles. The summed E-state index contributed by atoms with van der Waals surface area (Å²) in [5, 5.41) is 19.0. The zero-order chi connectivity index (χ0) is 17.1. The number of anilines is 1. The van der Waals surface area contributed by atoms with Crippen molar-refractivity contribution >= 4 is 50.6 Å². The number of hydrogen-bond donors (Lipinski definition) is 2. The quantitative estimate of drug-likeness (QED) is 0.640. The third kappa shape index (κ3) is 3.70. The van der Waals surface area contributed by atoms with Crippen LogP contribution >= 0.6 is 38.9 Å². The van der Waals surface area contributed by atoms with E-state index in [4.69, 9.17) is 11.6 Å². The highest BCUT2D eigenvalue weighted by molar-refractivity contribution is 9.10. The van der Waals surface area contributed by atoms with E-state index in [1.54, 1.807) is 22.9 Å². The maximum absolute atomic E-state index is 12.4. The molecule has 1 aromatic carbocycles. The lowest BCUT2D eigenvalue weighted by Crippen LogP contribution is -2.16. The van der Waals surface area contributed by atoms with Gasteiger partial charge in [0.2, 0.25) is 0 Å². The van der Waals surface area contributed by atoms with Crippen LogP contribution in [0.1, 0.15) is 9.67 Å². The third-order valence-corrected chi connectivity index (χ3v) is 5.39. The van der Waals surface area contributed by atoms with Crippen molar-refractivity contribution in [1.82, 2.24) is 9.78 Å². The average Bonchev–Trinajstić information content (AvgIpc) is 3.15. The number of aliphatic hydroxyl groups is 1. The lowest BCUT2D eigenvalue weighted by Gasteiger charge is -2.06. The number of benzene rings is 1. The van der Waals surface area contributed by atoms with Gasteiger partial charge < -0.3 is 10.4 Å². The van der Waals surface area contributed by atoms with Gasteiger partial charge in [0.25, 0.3) is 5.91 Å². The van der Waals surface area contributed by atoms with Crippen LogP contribution in [0, 0.1) is 0 Å². The molecule has 2 N–H and O–H groups in total. The molecule has 0 aliphatic heterocycles. The van der Waals surface area contributed by atoms with Crippen LogP contribution in [0.2, 0.25) is 5.02 Å². The number of amides is 1. The molecule has 2 heterocycles. The predicted octanol–water partition coefficient (Wildman–Crippen LogP) is 4.27. The Bertz CT molecular complexity index is 861. The van der Waals surface area contributed by atoms with Gasteiger partial charge in [-0.2, -0.15) is 5.10 Å². The highest BCUT2D eigenvalue weighted by Crippen LogP contribution is 2.26. The van der Waals surface area contributed by atoms with Crippen molar-refractivity contribution in [2.75, 3.05) is 11.9 Å². The molecule has 5 nitrogen and oxygen atoms in total. The third-order valence-electron chi connectivity index (χ3n) is 3.30. The first-order valence-electron chi connectivity index (χ1n) is 7.07. The molecule has 0 unspecified atom stereocenters. The summed E-state index contributed by atoms with van der Waals surface area (Å²) >= 11 is 10.6. The molecular formula is C16H13BrClN3O2S. The molecule has 0 atom stereocenters. The molecule has 24 heavy (non-hydrogen) atoms. The first-order valence-corrected chi connectivity index (χ1v) is 9.12. The molecule has 3 rings (SSSR count). The summed E-state index contributed by atoms with van der Waals surface area (Å²) in [5.41, 5.74) is 1.57. The average molecular weight is 427 g/mol. The summed E-state index contributed by atoms with van der Waals surface area (Å²) in [6, 6.07) is 10.9. The first kappa shape index (κ1) is 17.2. The van der Waals surface area contributed by atoms with Gasteiger partial charge in [0.15, 0.2) is 0 Å². The topological polar surface area (TPSA) is 67.2 Å². The van der Waals surface area contributed by atoms with Crippen LogP contribution in [0.5, 0.6) is 0 Å². The largest absolute Gasteiger partial charge is 0.394 e. The Hall–Kier alpha value is -1.67. The predicted molar refractivity (Wildman–Crippen MR) is 99.7 cm³/mol. The van der Waals surface area contributed by atoms with Crippen LogP contribution in [0.15, 0.2) is 46.3 Å². The van der Waals surface area contributed by atoms with Crippen molar-refractivity contribution in [3.05, 3.63) is 56.2 Å². The van der Waals surface area contributed by atoms with Crippen LogP contribution < -0.4 is 5.32 Å². The number of hydrogen-bond acceptors (Lipinski definition) is 4. The van der Waals surface area contributed by atoms with E-state index in [2.05, 4.69) is 26.3 Å². The number of nitrogens with one attached hydrogen (secondary N) is 1. The van der Waals surface area contributed by atoms with Gasteiger partial charge in [-0.1, -0.05) is 23.7 Å². The minimum Gasteiger partial charge on any atom is -0.394 e. The molecule has 3 aromatic rings. The summed E-state index contributed by atoms with van der Waals surface area (Å²) in [4.78, 5) is 13.0. The van der Waals surface area contributed by atoms with Crippen molar-refractivity contribution in [2.45, 2.75) is 6.54 Å². The summed E-state index contributed by atoms with van der Waals surface area (Å²) in [5.74, 6) is 0.304. The Morgan fingerprint density at radius 2 is 2.08 bits per heavy atom. The minimum atomic E-state index is -0.223. The maximum atomic E-state index is 12.4. The second kappa shape index (κ2) is 7.48. The fourth-order valence-corrected chi connectivity index (χ4v) is 3.75. The molecule has 1 amide bonds. The van der Waals surface area contributed by atoms with Gasteiger partial charge in [0.1, 0.15) is 10.7 Å². The van der Waals surface area contributed by atoms with Crippen LogP contribution in [-0.2, 0) is 6.54 Å². The Morgan fingerprint density at radius 3 is 2.71 bits per heavy atom. The Morgan fingerprint density at radius 1 is 1.33 bits per heavy atom. The Labute approximate surface area is 156 Å².